The van der Waals surface area contributed by atoms with Gasteiger partial charge in [-0.15, -0.1) is 12.4 Å². The molecule has 1 aliphatic heterocycles. The molecule has 0 aromatic carbocycles. The Hall–Kier alpha value is -1.01. The summed E-state index contributed by atoms with van der Waals surface area (Å²) < 4.78 is 0. The van der Waals surface area contributed by atoms with Crippen LogP contribution in [0.3, 0.4) is 0 Å². The van der Waals surface area contributed by atoms with Crippen molar-refractivity contribution in [2.45, 2.75) is 25.9 Å². The van der Waals surface area contributed by atoms with E-state index in [1.807, 2.05) is 6.92 Å². The normalized spacial score (nSPS) is 21.9. The molecule has 7 heteroatoms. The molecule has 0 aromatic rings. The number of nitrogens with one attached hydrogen (secondary N) is 2. The molecule has 6 nitrogen and oxygen atoms in total. The van der Waals surface area contributed by atoms with E-state index in [0.717, 1.165) is 6.54 Å². The van der Waals surface area contributed by atoms with Gasteiger partial charge in [0.15, 0.2) is 0 Å². The first-order valence-electron chi connectivity index (χ1n) is 5.09. The Balaban J connectivity index is 0.00000225. The third-order valence-electron chi connectivity index (χ3n) is 2.41. The van der Waals surface area contributed by atoms with Gasteiger partial charge in [-0.1, -0.05) is 0 Å². The molecule has 1 saturated heterocycles. The number of amides is 3. The van der Waals surface area contributed by atoms with Crippen LogP contribution in [-0.2, 0) is 4.79 Å². The van der Waals surface area contributed by atoms with Gasteiger partial charge in [0.05, 0.1) is 0 Å². The Bertz CT molecular complexity index is 262. The Morgan fingerprint density at radius 1 is 1.56 bits per heavy atom. The Labute approximate surface area is 101 Å². The lowest BCUT2D eigenvalue weighted by molar-refractivity contribution is -0.133. The van der Waals surface area contributed by atoms with E-state index in [4.69, 9.17) is 5.73 Å². The molecular formula is C9H19ClN4O2. The Kier molecular flexibility index (Phi) is 6.13. The topological polar surface area (TPSA) is 87.5 Å². The highest BCUT2D eigenvalue weighted by molar-refractivity contribution is 5.86. The molecule has 4 N–H and O–H groups in total. The van der Waals surface area contributed by atoms with Crippen LogP contribution in [0.4, 0.5) is 4.79 Å². The third kappa shape index (κ3) is 4.24. The van der Waals surface area contributed by atoms with E-state index in [0.29, 0.717) is 19.1 Å². The van der Waals surface area contributed by atoms with Crippen LogP contribution in [-0.4, -0.2) is 48.6 Å². The zero-order valence-electron chi connectivity index (χ0n) is 9.53. The molecule has 0 spiro atoms. The number of nitrogens with zero attached hydrogens (tertiary/aromatic N) is 1. The van der Waals surface area contributed by atoms with Gasteiger partial charge >= 0.3 is 6.03 Å². The van der Waals surface area contributed by atoms with Crippen molar-refractivity contribution < 1.29 is 9.59 Å². The zero-order chi connectivity index (χ0) is 11.4. The van der Waals surface area contributed by atoms with E-state index in [1.54, 1.807) is 11.8 Å². The molecule has 16 heavy (non-hydrogen) atoms. The lowest BCUT2D eigenvalue weighted by atomic mass is 10.2. The van der Waals surface area contributed by atoms with Crippen LogP contribution < -0.4 is 16.4 Å². The average molecular weight is 251 g/mol. The second kappa shape index (κ2) is 6.55. The van der Waals surface area contributed by atoms with Crippen LogP contribution in [0.15, 0.2) is 0 Å². The zero-order valence-corrected chi connectivity index (χ0v) is 10.3. The molecule has 3 amide bonds. The van der Waals surface area contributed by atoms with Crippen molar-refractivity contribution >= 4 is 24.3 Å². The van der Waals surface area contributed by atoms with Crippen molar-refractivity contribution in [2.75, 3.05) is 19.6 Å². The number of urea groups is 1. The molecule has 2 atom stereocenters. The maximum Gasteiger partial charge on any atom is 0.312 e. The minimum atomic E-state index is -0.668. The summed E-state index contributed by atoms with van der Waals surface area (Å²) >= 11 is 0. The second-order valence-corrected chi connectivity index (χ2v) is 3.87. The summed E-state index contributed by atoms with van der Waals surface area (Å²) in [6.45, 7) is 5.79. The number of rotatable bonds is 2. The summed E-state index contributed by atoms with van der Waals surface area (Å²) in [6.07, 6.45) is 0. The Morgan fingerprint density at radius 2 is 2.19 bits per heavy atom. The maximum absolute atomic E-state index is 11.8. The molecule has 1 aliphatic rings. The molecule has 0 aliphatic carbocycles. The number of nitrogens with two attached hydrogens (primary N) is 1. The summed E-state index contributed by atoms with van der Waals surface area (Å²) in [5.41, 5.74) is 4.95. The summed E-state index contributed by atoms with van der Waals surface area (Å²) in [5, 5.41) is 5.62. The molecule has 0 radical (unpaired) electrons. The SMILES string of the molecule is CC1CN(C(=O)C(C)NC(N)=O)CCN1.Cl. The van der Waals surface area contributed by atoms with Crippen LogP contribution in [0.2, 0.25) is 0 Å². The van der Waals surface area contributed by atoms with Crippen molar-refractivity contribution in [3.05, 3.63) is 0 Å². The maximum atomic E-state index is 11.8. The van der Waals surface area contributed by atoms with E-state index in [2.05, 4.69) is 10.6 Å². The van der Waals surface area contributed by atoms with Crippen molar-refractivity contribution in [3.63, 3.8) is 0 Å². The molecule has 0 aromatic heterocycles. The van der Waals surface area contributed by atoms with Gasteiger partial charge in [0, 0.05) is 25.7 Å². The quantitative estimate of drug-likeness (QED) is 0.605. The van der Waals surface area contributed by atoms with Gasteiger partial charge in [-0.3, -0.25) is 4.79 Å². The molecule has 94 valence electrons. The van der Waals surface area contributed by atoms with Gasteiger partial charge in [-0.25, -0.2) is 4.79 Å². The largest absolute Gasteiger partial charge is 0.352 e. The van der Waals surface area contributed by atoms with Crippen LogP contribution in [0.25, 0.3) is 0 Å². The van der Waals surface area contributed by atoms with E-state index in [1.165, 1.54) is 0 Å². The van der Waals surface area contributed by atoms with Gasteiger partial charge in [0.25, 0.3) is 0 Å². The summed E-state index contributed by atoms with van der Waals surface area (Å²) in [6, 6.07) is -0.921. The highest BCUT2D eigenvalue weighted by atomic mass is 35.5. The standard InChI is InChI=1S/C9H18N4O2.ClH/c1-6-5-13(4-3-11-6)8(14)7(2)12-9(10)15;/h6-7,11H,3-5H2,1-2H3,(H3,10,12,15);1H. The smallest absolute Gasteiger partial charge is 0.312 e. The number of carbonyl (C=O) groups is 2. The fraction of sp³-hybridized carbons (Fsp3) is 0.778. The first-order chi connectivity index (χ1) is 7.00. The van der Waals surface area contributed by atoms with Crippen LogP contribution in [0.5, 0.6) is 0 Å². The van der Waals surface area contributed by atoms with E-state index in [9.17, 15) is 9.59 Å². The fourth-order valence-corrected chi connectivity index (χ4v) is 1.68. The predicted molar refractivity (Wildman–Crippen MR) is 63.5 cm³/mol. The molecule has 1 heterocycles. The van der Waals surface area contributed by atoms with E-state index < -0.39 is 12.1 Å². The lowest BCUT2D eigenvalue weighted by Crippen LogP contribution is -2.56. The molecule has 0 bridgehead atoms. The Morgan fingerprint density at radius 3 is 2.69 bits per heavy atom. The van der Waals surface area contributed by atoms with Gasteiger partial charge < -0.3 is 21.3 Å². The van der Waals surface area contributed by atoms with E-state index in [-0.39, 0.29) is 18.3 Å². The number of primary amides is 1. The third-order valence-corrected chi connectivity index (χ3v) is 2.41. The lowest BCUT2D eigenvalue weighted by Gasteiger charge is -2.33. The molecule has 0 saturated carbocycles. The van der Waals surface area contributed by atoms with Gasteiger partial charge in [-0.05, 0) is 13.8 Å². The van der Waals surface area contributed by atoms with Crippen molar-refractivity contribution in [3.8, 4) is 0 Å². The summed E-state index contributed by atoms with van der Waals surface area (Å²) in [5.74, 6) is -0.0813. The van der Waals surface area contributed by atoms with Crippen molar-refractivity contribution in [1.82, 2.24) is 15.5 Å². The highest BCUT2D eigenvalue weighted by Crippen LogP contribution is 2.01. The summed E-state index contributed by atoms with van der Waals surface area (Å²) in [4.78, 5) is 24.1. The van der Waals surface area contributed by atoms with Gasteiger partial charge in [-0.2, -0.15) is 0 Å². The minimum Gasteiger partial charge on any atom is -0.352 e. The van der Waals surface area contributed by atoms with Crippen LogP contribution >= 0.6 is 12.4 Å². The average Bonchev–Trinajstić information content (AvgIpc) is 2.15. The van der Waals surface area contributed by atoms with Gasteiger partial charge in [0.2, 0.25) is 5.91 Å². The highest BCUT2D eigenvalue weighted by Gasteiger charge is 2.24. The number of halogens is 1. The minimum absolute atomic E-state index is 0. The summed E-state index contributed by atoms with van der Waals surface area (Å²) in [7, 11) is 0. The van der Waals surface area contributed by atoms with Crippen LogP contribution in [0, 0.1) is 0 Å². The first-order valence-corrected chi connectivity index (χ1v) is 5.09. The molecule has 1 fully saturated rings. The van der Waals surface area contributed by atoms with Crippen molar-refractivity contribution in [2.24, 2.45) is 5.73 Å². The number of piperazine rings is 1. The molecule has 1 rings (SSSR count). The molecule has 2 unspecified atom stereocenters. The number of carbonyl (C=O) groups excluding carboxylic acids is 2. The van der Waals surface area contributed by atoms with E-state index >= 15 is 0 Å². The molecular weight excluding hydrogens is 232 g/mol. The van der Waals surface area contributed by atoms with Crippen LogP contribution in [0.1, 0.15) is 13.8 Å². The number of hydrogen-bond donors (Lipinski definition) is 3. The predicted octanol–water partition coefficient (Wildman–Crippen LogP) is -0.715. The number of hydrogen-bond acceptors (Lipinski definition) is 3. The second-order valence-electron chi connectivity index (χ2n) is 3.87. The van der Waals surface area contributed by atoms with Crippen molar-refractivity contribution in [1.29, 1.82) is 0 Å². The fourth-order valence-electron chi connectivity index (χ4n) is 1.68. The monoisotopic (exact) mass is 250 g/mol. The van der Waals surface area contributed by atoms with Gasteiger partial charge in [0.1, 0.15) is 6.04 Å². The first kappa shape index (κ1) is 15.0.